The molecule has 6 nitrogen and oxygen atoms in total. The van der Waals surface area contributed by atoms with Gasteiger partial charge in [-0.05, 0) is 25.0 Å². The van der Waals surface area contributed by atoms with E-state index in [-0.39, 0.29) is 11.8 Å². The van der Waals surface area contributed by atoms with Crippen LogP contribution < -0.4 is 10.2 Å². The number of aliphatic carboxylic acids is 1. The van der Waals surface area contributed by atoms with Crippen LogP contribution in [0.2, 0.25) is 0 Å². The van der Waals surface area contributed by atoms with Crippen LogP contribution >= 0.6 is 0 Å². The molecule has 112 valence electrons. The molecule has 1 unspecified atom stereocenters. The maximum absolute atomic E-state index is 12.6. The molecule has 0 aromatic heterocycles. The monoisotopic (exact) mass is 290 g/mol. The van der Waals surface area contributed by atoms with Gasteiger partial charge < -0.3 is 10.4 Å². The minimum absolute atomic E-state index is 0.158. The number of rotatable bonds is 4. The van der Waals surface area contributed by atoms with Crippen LogP contribution in [-0.4, -0.2) is 35.5 Å². The number of nitrogens with one attached hydrogen (secondary N) is 1. The van der Waals surface area contributed by atoms with Gasteiger partial charge >= 0.3 is 5.97 Å². The van der Waals surface area contributed by atoms with Gasteiger partial charge in [0, 0.05) is 12.1 Å². The molecule has 1 aliphatic heterocycles. The molecule has 1 saturated heterocycles. The fourth-order valence-electron chi connectivity index (χ4n) is 2.39. The van der Waals surface area contributed by atoms with Crippen LogP contribution in [0.3, 0.4) is 0 Å². The van der Waals surface area contributed by atoms with Crippen LogP contribution in [0.25, 0.3) is 0 Å². The van der Waals surface area contributed by atoms with E-state index in [1.807, 2.05) is 0 Å². The summed E-state index contributed by atoms with van der Waals surface area (Å²) < 4.78 is 0. The first kappa shape index (κ1) is 15.0. The summed E-state index contributed by atoms with van der Waals surface area (Å²) in [5, 5.41) is 11.7. The van der Waals surface area contributed by atoms with Gasteiger partial charge in [0.25, 0.3) is 0 Å². The van der Waals surface area contributed by atoms with E-state index in [9.17, 15) is 14.4 Å². The fourth-order valence-corrected chi connectivity index (χ4v) is 2.39. The van der Waals surface area contributed by atoms with Crippen molar-refractivity contribution in [2.45, 2.75) is 31.7 Å². The van der Waals surface area contributed by atoms with Gasteiger partial charge in [-0.2, -0.15) is 0 Å². The summed E-state index contributed by atoms with van der Waals surface area (Å²) in [6, 6.07) is 7.98. The van der Waals surface area contributed by atoms with Crippen molar-refractivity contribution in [2.75, 3.05) is 11.4 Å². The Balaban J connectivity index is 2.21. The molecule has 0 bridgehead atoms. The van der Waals surface area contributed by atoms with Crippen molar-refractivity contribution in [2.24, 2.45) is 0 Å². The summed E-state index contributed by atoms with van der Waals surface area (Å²) in [5.74, 6) is -1.62. The van der Waals surface area contributed by atoms with E-state index in [2.05, 4.69) is 5.32 Å². The van der Waals surface area contributed by atoms with Gasteiger partial charge in [-0.25, -0.2) is 0 Å². The molecule has 1 fully saturated rings. The number of carboxylic acid groups (broad SMARTS) is 1. The lowest BCUT2D eigenvalue weighted by Crippen LogP contribution is -2.49. The molecule has 6 heteroatoms. The summed E-state index contributed by atoms with van der Waals surface area (Å²) in [7, 11) is 0. The Morgan fingerprint density at radius 3 is 2.62 bits per heavy atom. The van der Waals surface area contributed by atoms with Gasteiger partial charge in [-0.15, -0.1) is 0 Å². The zero-order valence-corrected chi connectivity index (χ0v) is 11.6. The number of anilines is 1. The van der Waals surface area contributed by atoms with E-state index in [0.717, 1.165) is 12.8 Å². The Morgan fingerprint density at radius 1 is 1.24 bits per heavy atom. The molecule has 1 aromatic rings. The minimum Gasteiger partial charge on any atom is -0.480 e. The Morgan fingerprint density at radius 2 is 1.95 bits per heavy atom. The number of para-hydroxylation sites is 1. The van der Waals surface area contributed by atoms with Crippen molar-refractivity contribution in [3.05, 3.63) is 30.3 Å². The molecule has 1 aliphatic rings. The van der Waals surface area contributed by atoms with Gasteiger partial charge in [0.2, 0.25) is 11.8 Å². The van der Waals surface area contributed by atoms with Crippen molar-refractivity contribution in [1.82, 2.24) is 5.32 Å². The van der Waals surface area contributed by atoms with Crippen LogP contribution in [0.1, 0.15) is 25.7 Å². The average Bonchev–Trinajstić information content (AvgIpc) is 2.69. The average molecular weight is 290 g/mol. The number of hydrogen-bond acceptors (Lipinski definition) is 3. The number of benzene rings is 1. The van der Waals surface area contributed by atoms with Crippen molar-refractivity contribution in [1.29, 1.82) is 0 Å². The molecule has 0 radical (unpaired) electrons. The van der Waals surface area contributed by atoms with Gasteiger partial charge in [0.05, 0.1) is 0 Å². The molecule has 0 aliphatic carbocycles. The summed E-state index contributed by atoms with van der Waals surface area (Å²) in [6.45, 7) is -0.421. The normalized spacial score (nSPS) is 18.5. The number of amides is 2. The van der Waals surface area contributed by atoms with Crippen LogP contribution in [0, 0.1) is 0 Å². The summed E-state index contributed by atoms with van der Waals surface area (Å²) in [6.07, 6.45) is 2.46. The SMILES string of the molecule is O=C(O)CN(C(=O)C1CCCCC(=O)N1)c1ccccc1. The zero-order valence-electron chi connectivity index (χ0n) is 11.6. The lowest BCUT2D eigenvalue weighted by Gasteiger charge is -2.25. The quantitative estimate of drug-likeness (QED) is 0.871. The molecule has 21 heavy (non-hydrogen) atoms. The molecular formula is C15H18N2O4. The highest BCUT2D eigenvalue weighted by molar-refractivity contribution is 6.02. The Hall–Kier alpha value is -2.37. The number of hydrogen-bond donors (Lipinski definition) is 2. The van der Waals surface area contributed by atoms with E-state index >= 15 is 0 Å². The smallest absolute Gasteiger partial charge is 0.323 e. The minimum atomic E-state index is -1.09. The second kappa shape index (κ2) is 6.88. The molecule has 0 saturated carbocycles. The van der Waals surface area contributed by atoms with Crippen LogP contribution in [0.5, 0.6) is 0 Å². The van der Waals surface area contributed by atoms with Crippen molar-refractivity contribution in [3.63, 3.8) is 0 Å². The van der Waals surface area contributed by atoms with Crippen molar-refractivity contribution < 1.29 is 19.5 Å². The van der Waals surface area contributed by atoms with Crippen molar-refractivity contribution >= 4 is 23.5 Å². The lowest BCUT2D eigenvalue weighted by atomic mass is 10.1. The molecule has 2 rings (SSSR count). The number of carbonyl (C=O) groups is 3. The van der Waals surface area contributed by atoms with E-state index in [4.69, 9.17) is 5.11 Å². The highest BCUT2D eigenvalue weighted by Crippen LogP contribution is 2.18. The molecule has 1 atom stereocenters. The molecule has 2 amide bonds. The molecule has 1 aromatic carbocycles. The second-order valence-corrected chi connectivity index (χ2v) is 5.02. The van der Waals surface area contributed by atoms with E-state index in [1.54, 1.807) is 30.3 Å². The number of nitrogens with zero attached hydrogens (tertiary/aromatic N) is 1. The predicted molar refractivity (Wildman–Crippen MR) is 76.8 cm³/mol. The Kier molecular flexibility index (Phi) is 4.92. The zero-order chi connectivity index (χ0) is 15.2. The van der Waals surface area contributed by atoms with E-state index in [1.165, 1.54) is 4.90 Å². The first-order valence-corrected chi connectivity index (χ1v) is 6.95. The number of carboxylic acids is 1. The Labute approximate surface area is 122 Å². The standard InChI is InChI=1S/C15H18N2O4/c18-13-9-5-4-8-12(16-13)15(21)17(10-14(19)20)11-6-2-1-3-7-11/h1-3,6-7,12H,4-5,8-10H2,(H,16,18)(H,19,20). The Bertz CT molecular complexity index is 530. The third-order valence-electron chi connectivity index (χ3n) is 3.41. The first-order chi connectivity index (χ1) is 10.1. The van der Waals surface area contributed by atoms with Gasteiger partial charge in [0.1, 0.15) is 12.6 Å². The second-order valence-electron chi connectivity index (χ2n) is 5.02. The third kappa shape index (κ3) is 4.05. The van der Waals surface area contributed by atoms with E-state index < -0.39 is 18.6 Å². The third-order valence-corrected chi connectivity index (χ3v) is 3.41. The summed E-state index contributed by atoms with van der Waals surface area (Å²) >= 11 is 0. The molecule has 2 N–H and O–H groups in total. The van der Waals surface area contributed by atoms with Crippen LogP contribution in [0.4, 0.5) is 5.69 Å². The topological polar surface area (TPSA) is 86.7 Å². The summed E-state index contributed by atoms with van der Waals surface area (Å²) in [5.41, 5.74) is 0.517. The highest BCUT2D eigenvalue weighted by Gasteiger charge is 2.29. The highest BCUT2D eigenvalue weighted by atomic mass is 16.4. The van der Waals surface area contributed by atoms with Gasteiger partial charge in [-0.1, -0.05) is 24.6 Å². The number of carbonyl (C=O) groups excluding carboxylic acids is 2. The first-order valence-electron chi connectivity index (χ1n) is 6.95. The maximum atomic E-state index is 12.6. The van der Waals surface area contributed by atoms with E-state index in [0.29, 0.717) is 18.5 Å². The molecule has 0 spiro atoms. The largest absolute Gasteiger partial charge is 0.480 e. The molecular weight excluding hydrogens is 272 g/mol. The predicted octanol–water partition coefficient (Wildman–Crippen LogP) is 1.16. The van der Waals surface area contributed by atoms with Crippen LogP contribution in [-0.2, 0) is 14.4 Å². The molecule has 1 heterocycles. The maximum Gasteiger partial charge on any atom is 0.323 e. The summed E-state index contributed by atoms with van der Waals surface area (Å²) in [4.78, 5) is 36.4. The van der Waals surface area contributed by atoms with Gasteiger partial charge in [-0.3, -0.25) is 19.3 Å². The fraction of sp³-hybridized carbons (Fsp3) is 0.400. The van der Waals surface area contributed by atoms with Crippen molar-refractivity contribution in [3.8, 4) is 0 Å². The van der Waals surface area contributed by atoms with Crippen LogP contribution in [0.15, 0.2) is 30.3 Å². The van der Waals surface area contributed by atoms with Gasteiger partial charge in [0.15, 0.2) is 0 Å². The lowest BCUT2D eigenvalue weighted by molar-refractivity contribution is -0.137.